The van der Waals surface area contributed by atoms with Crippen molar-refractivity contribution in [1.82, 2.24) is 19.3 Å². The standard InChI is InChI=1S/C22H30N4O3/c27-20(16-5-1-2-6-16)25-12-4-8-19(25)21(28)23-13-9-17(10-14-23)26-15-18-7-3-11-24(18)22(26)29/h3,7,11,16-17,19H,1-2,4-6,8-10,12-15H2. The number of aromatic nitrogens is 1. The Morgan fingerprint density at radius 2 is 1.66 bits per heavy atom. The molecule has 5 rings (SSSR count). The first-order valence-corrected chi connectivity index (χ1v) is 11.2. The normalized spacial score (nSPS) is 25.9. The van der Waals surface area contributed by atoms with Crippen molar-refractivity contribution in [2.75, 3.05) is 19.6 Å². The Labute approximate surface area is 171 Å². The predicted octanol–water partition coefficient (Wildman–Crippen LogP) is 2.44. The molecule has 1 atom stereocenters. The summed E-state index contributed by atoms with van der Waals surface area (Å²) < 4.78 is 1.72. The van der Waals surface area contributed by atoms with Gasteiger partial charge >= 0.3 is 6.03 Å². The van der Waals surface area contributed by atoms with Crippen LogP contribution in [0.2, 0.25) is 0 Å². The summed E-state index contributed by atoms with van der Waals surface area (Å²) in [6, 6.07) is 3.87. The molecular weight excluding hydrogens is 368 g/mol. The molecule has 7 heteroatoms. The highest BCUT2D eigenvalue weighted by atomic mass is 16.2. The van der Waals surface area contributed by atoms with Crippen molar-refractivity contribution in [3.8, 4) is 0 Å². The molecule has 0 spiro atoms. The van der Waals surface area contributed by atoms with Crippen LogP contribution >= 0.6 is 0 Å². The third-order valence-corrected chi connectivity index (χ3v) is 7.36. The number of carbonyl (C=O) groups is 3. The predicted molar refractivity (Wildman–Crippen MR) is 107 cm³/mol. The summed E-state index contributed by atoms with van der Waals surface area (Å²) in [6.45, 7) is 2.73. The van der Waals surface area contributed by atoms with Crippen LogP contribution in [-0.4, -0.2) is 68.8 Å². The summed E-state index contributed by atoms with van der Waals surface area (Å²) in [5.41, 5.74) is 1.04. The average molecular weight is 399 g/mol. The van der Waals surface area contributed by atoms with E-state index in [1.54, 1.807) is 4.57 Å². The van der Waals surface area contributed by atoms with Gasteiger partial charge in [-0.2, -0.15) is 0 Å². The number of fused-ring (bicyclic) bond motifs is 1. The minimum absolute atomic E-state index is 0.0545. The van der Waals surface area contributed by atoms with Crippen molar-refractivity contribution in [2.24, 2.45) is 5.92 Å². The second-order valence-electron chi connectivity index (χ2n) is 9.01. The molecule has 1 unspecified atom stereocenters. The van der Waals surface area contributed by atoms with Crippen LogP contribution in [0.1, 0.15) is 57.1 Å². The van der Waals surface area contributed by atoms with E-state index in [1.807, 2.05) is 33.0 Å². The van der Waals surface area contributed by atoms with Crippen LogP contribution in [0, 0.1) is 5.92 Å². The fraction of sp³-hybridized carbons (Fsp3) is 0.682. The van der Waals surface area contributed by atoms with E-state index in [4.69, 9.17) is 0 Å². The number of piperidine rings is 1. The van der Waals surface area contributed by atoms with E-state index in [0.717, 1.165) is 63.6 Å². The molecular formula is C22H30N4O3. The lowest BCUT2D eigenvalue weighted by Gasteiger charge is -2.38. The van der Waals surface area contributed by atoms with Crippen LogP contribution in [0.3, 0.4) is 0 Å². The molecule has 7 nitrogen and oxygen atoms in total. The first-order valence-electron chi connectivity index (χ1n) is 11.2. The van der Waals surface area contributed by atoms with E-state index < -0.39 is 0 Å². The molecule has 3 fully saturated rings. The molecule has 0 radical (unpaired) electrons. The van der Waals surface area contributed by atoms with Gasteiger partial charge in [0.1, 0.15) is 6.04 Å². The third kappa shape index (κ3) is 3.24. The van der Waals surface area contributed by atoms with Crippen molar-refractivity contribution in [1.29, 1.82) is 0 Å². The minimum atomic E-state index is -0.270. The number of rotatable bonds is 3. The summed E-state index contributed by atoms with van der Waals surface area (Å²) in [5.74, 6) is 0.456. The van der Waals surface area contributed by atoms with Crippen LogP contribution in [0.15, 0.2) is 18.3 Å². The summed E-state index contributed by atoms with van der Waals surface area (Å²) >= 11 is 0. The van der Waals surface area contributed by atoms with Crippen molar-refractivity contribution >= 4 is 17.8 Å². The number of amides is 3. The molecule has 4 heterocycles. The van der Waals surface area contributed by atoms with Gasteiger partial charge in [-0.25, -0.2) is 4.79 Å². The molecule has 1 saturated carbocycles. The Balaban J connectivity index is 1.18. The Bertz CT molecular complexity index is 805. The third-order valence-electron chi connectivity index (χ3n) is 7.36. The van der Waals surface area contributed by atoms with Gasteiger partial charge in [0.15, 0.2) is 0 Å². The van der Waals surface area contributed by atoms with E-state index in [-0.39, 0.29) is 35.8 Å². The molecule has 1 aromatic rings. The van der Waals surface area contributed by atoms with Crippen molar-refractivity contribution < 1.29 is 14.4 Å². The maximum atomic E-state index is 13.2. The lowest BCUT2D eigenvalue weighted by Crippen LogP contribution is -2.53. The van der Waals surface area contributed by atoms with Crippen LogP contribution < -0.4 is 0 Å². The molecule has 29 heavy (non-hydrogen) atoms. The van der Waals surface area contributed by atoms with Crippen molar-refractivity contribution in [3.05, 3.63) is 24.0 Å². The van der Waals surface area contributed by atoms with Gasteiger partial charge in [-0.05, 0) is 50.7 Å². The highest BCUT2D eigenvalue weighted by Gasteiger charge is 2.41. The van der Waals surface area contributed by atoms with Gasteiger partial charge in [-0.3, -0.25) is 14.2 Å². The SMILES string of the molecule is O=C(C1CCCN1C(=O)C1CCCC1)N1CCC(N2Cc3cccn3C2=O)CC1. The number of nitrogens with zero attached hydrogens (tertiary/aromatic N) is 4. The van der Waals surface area contributed by atoms with Crippen LogP contribution in [0.25, 0.3) is 0 Å². The zero-order valence-corrected chi connectivity index (χ0v) is 17.0. The molecule has 0 N–H and O–H groups in total. The molecule has 3 aliphatic heterocycles. The molecule has 0 bridgehead atoms. The lowest BCUT2D eigenvalue weighted by atomic mass is 10.0. The van der Waals surface area contributed by atoms with Gasteiger partial charge in [0, 0.05) is 43.5 Å². The van der Waals surface area contributed by atoms with E-state index in [2.05, 4.69) is 0 Å². The lowest BCUT2D eigenvalue weighted by molar-refractivity contribution is -0.146. The van der Waals surface area contributed by atoms with E-state index in [0.29, 0.717) is 19.6 Å². The van der Waals surface area contributed by atoms with Crippen LogP contribution in [-0.2, 0) is 16.1 Å². The van der Waals surface area contributed by atoms with Gasteiger partial charge in [-0.15, -0.1) is 0 Å². The Morgan fingerprint density at radius 3 is 2.38 bits per heavy atom. The number of hydrogen-bond acceptors (Lipinski definition) is 3. The zero-order chi connectivity index (χ0) is 20.0. The largest absolute Gasteiger partial charge is 0.341 e. The number of likely N-dealkylation sites (tertiary alicyclic amines) is 2. The average Bonchev–Trinajstić information content (AvgIpc) is 3.53. The fourth-order valence-electron chi connectivity index (χ4n) is 5.70. The molecule has 1 aromatic heterocycles. The van der Waals surface area contributed by atoms with Gasteiger partial charge in [0.2, 0.25) is 11.8 Å². The molecule has 0 aromatic carbocycles. The van der Waals surface area contributed by atoms with Gasteiger partial charge < -0.3 is 14.7 Å². The van der Waals surface area contributed by atoms with E-state index in [9.17, 15) is 14.4 Å². The summed E-state index contributed by atoms with van der Waals surface area (Å²) in [6.07, 6.45) is 9.39. The van der Waals surface area contributed by atoms with E-state index in [1.165, 1.54) is 0 Å². The first-order chi connectivity index (χ1) is 14.1. The quantitative estimate of drug-likeness (QED) is 0.786. The van der Waals surface area contributed by atoms with Crippen molar-refractivity contribution in [2.45, 2.75) is 70.0 Å². The molecule has 156 valence electrons. The minimum Gasteiger partial charge on any atom is -0.341 e. The summed E-state index contributed by atoms with van der Waals surface area (Å²) in [4.78, 5) is 44.5. The maximum Gasteiger partial charge on any atom is 0.329 e. The fourth-order valence-corrected chi connectivity index (χ4v) is 5.70. The highest BCUT2D eigenvalue weighted by molar-refractivity contribution is 5.89. The molecule has 2 saturated heterocycles. The Morgan fingerprint density at radius 1 is 0.897 bits per heavy atom. The smallest absolute Gasteiger partial charge is 0.329 e. The van der Waals surface area contributed by atoms with Gasteiger partial charge in [0.25, 0.3) is 0 Å². The summed E-state index contributed by atoms with van der Waals surface area (Å²) in [5, 5.41) is 0. The zero-order valence-electron chi connectivity index (χ0n) is 17.0. The number of carbonyl (C=O) groups excluding carboxylic acids is 3. The monoisotopic (exact) mass is 398 g/mol. The molecule has 3 amide bonds. The number of hydrogen-bond donors (Lipinski definition) is 0. The highest BCUT2D eigenvalue weighted by Crippen LogP contribution is 2.31. The van der Waals surface area contributed by atoms with Crippen LogP contribution in [0.5, 0.6) is 0 Å². The first kappa shape index (κ1) is 18.7. The Kier molecular flexibility index (Phi) is 4.84. The second-order valence-corrected chi connectivity index (χ2v) is 9.01. The van der Waals surface area contributed by atoms with Crippen molar-refractivity contribution in [3.63, 3.8) is 0 Å². The second kappa shape index (κ2) is 7.50. The van der Waals surface area contributed by atoms with Gasteiger partial charge in [0.05, 0.1) is 6.54 Å². The topological polar surface area (TPSA) is 65.9 Å². The Hall–Kier alpha value is -2.31. The van der Waals surface area contributed by atoms with E-state index >= 15 is 0 Å². The van der Waals surface area contributed by atoms with Crippen LogP contribution in [0.4, 0.5) is 4.79 Å². The molecule has 4 aliphatic rings. The summed E-state index contributed by atoms with van der Waals surface area (Å²) in [7, 11) is 0. The maximum absolute atomic E-state index is 13.2. The van der Waals surface area contributed by atoms with Gasteiger partial charge in [-0.1, -0.05) is 12.8 Å². The molecule has 1 aliphatic carbocycles.